The molecule has 0 unspecified atom stereocenters. The number of carbonyl (C=O) groups excluding carboxylic acids is 2. The van der Waals surface area contributed by atoms with E-state index in [1.165, 1.54) is 0 Å². The summed E-state index contributed by atoms with van der Waals surface area (Å²) in [6.45, 7) is 6.97. The number of hydrogen-bond donors (Lipinski definition) is 0. The fourth-order valence-electron chi connectivity index (χ4n) is 2.41. The number of nitrogens with zero attached hydrogens (tertiary/aromatic N) is 3. The maximum Gasteiger partial charge on any atom is 0.307 e. The predicted molar refractivity (Wildman–Crippen MR) is 87.1 cm³/mol. The van der Waals surface area contributed by atoms with Gasteiger partial charge in [0.1, 0.15) is 5.65 Å². The van der Waals surface area contributed by atoms with Crippen molar-refractivity contribution in [2.75, 3.05) is 19.7 Å². The van der Waals surface area contributed by atoms with E-state index in [1.54, 1.807) is 11.8 Å². The molecular weight excluding hydrogens is 294 g/mol. The van der Waals surface area contributed by atoms with Crippen LogP contribution in [0.3, 0.4) is 0 Å². The number of hydrogen-bond acceptors (Lipinski definition) is 4. The number of carbonyl (C=O) groups is 2. The molecule has 2 rings (SSSR count). The second-order valence-electron chi connectivity index (χ2n) is 5.41. The lowest BCUT2D eigenvalue weighted by Gasteiger charge is -2.19. The van der Waals surface area contributed by atoms with Crippen LogP contribution in [0, 0.1) is 6.92 Å². The van der Waals surface area contributed by atoms with Crippen LogP contribution in [-0.2, 0) is 20.7 Å². The van der Waals surface area contributed by atoms with Crippen LogP contribution in [-0.4, -0.2) is 45.9 Å². The molecule has 2 aromatic rings. The van der Waals surface area contributed by atoms with Crippen molar-refractivity contribution in [2.45, 2.75) is 33.6 Å². The largest absolute Gasteiger partial charge is 0.466 e. The van der Waals surface area contributed by atoms with E-state index in [4.69, 9.17) is 4.74 Å². The van der Waals surface area contributed by atoms with Crippen molar-refractivity contribution < 1.29 is 14.3 Å². The molecule has 0 atom stereocenters. The summed E-state index contributed by atoms with van der Waals surface area (Å²) in [5, 5.41) is 0. The highest BCUT2D eigenvalue weighted by Crippen LogP contribution is 2.09. The number of esters is 1. The van der Waals surface area contributed by atoms with E-state index in [0.717, 1.165) is 16.9 Å². The van der Waals surface area contributed by atoms with Gasteiger partial charge in [-0.25, -0.2) is 4.98 Å². The summed E-state index contributed by atoms with van der Waals surface area (Å²) >= 11 is 0. The molecule has 2 heterocycles. The van der Waals surface area contributed by atoms with Gasteiger partial charge in [0.05, 0.1) is 25.1 Å². The summed E-state index contributed by atoms with van der Waals surface area (Å²) in [5.74, 6) is -0.307. The molecule has 1 amide bonds. The molecule has 0 N–H and O–H groups in total. The third-order valence-corrected chi connectivity index (χ3v) is 3.62. The Hall–Kier alpha value is -2.37. The van der Waals surface area contributed by atoms with Crippen LogP contribution < -0.4 is 0 Å². The van der Waals surface area contributed by atoms with E-state index in [2.05, 4.69) is 4.98 Å². The summed E-state index contributed by atoms with van der Waals surface area (Å²) in [4.78, 5) is 29.9. The van der Waals surface area contributed by atoms with Crippen LogP contribution in [0.4, 0.5) is 0 Å². The first-order valence-corrected chi connectivity index (χ1v) is 7.91. The van der Waals surface area contributed by atoms with E-state index >= 15 is 0 Å². The van der Waals surface area contributed by atoms with E-state index in [-0.39, 0.29) is 24.7 Å². The van der Waals surface area contributed by atoms with Crippen LogP contribution in [0.15, 0.2) is 24.5 Å². The lowest BCUT2D eigenvalue weighted by molar-refractivity contribution is -0.144. The first-order valence-electron chi connectivity index (χ1n) is 7.91. The van der Waals surface area contributed by atoms with Crippen LogP contribution >= 0.6 is 0 Å². The third-order valence-electron chi connectivity index (χ3n) is 3.62. The van der Waals surface area contributed by atoms with Gasteiger partial charge < -0.3 is 14.0 Å². The molecular formula is C17H23N3O3. The van der Waals surface area contributed by atoms with E-state index in [1.807, 2.05) is 42.8 Å². The summed E-state index contributed by atoms with van der Waals surface area (Å²) in [5.41, 5.74) is 2.70. The van der Waals surface area contributed by atoms with E-state index < -0.39 is 0 Å². The number of rotatable bonds is 7. The number of imidazole rings is 1. The maximum absolute atomic E-state index is 12.4. The number of fused-ring (bicyclic) bond motifs is 1. The molecule has 6 heteroatoms. The SMILES string of the molecule is CCOC(=O)CCN(CC)C(=O)Cc1cn2ccc(C)cc2n1. The van der Waals surface area contributed by atoms with Crippen molar-refractivity contribution in [2.24, 2.45) is 0 Å². The van der Waals surface area contributed by atoms with Crippen molar-refractivity contribution in [3.8, 4) is 0 Å². The van der Waals surface area contributed by atoms with Gasteiger partial charge in [0, 0.05) is 25.5 Å². The monoisotopic (exact) mass is 317 g/mol. The van der Waals surface area contributed by atoms with Gasteiger partial charge in [-0.05, 0) is 38.5 Å². The maximum atomic E-state index is 12.4. The second-order valence-corrected chi connectivity index (χ2v) is 5.41. The van der Waals surface area contributed by atoms with Gasteiger partial charge in [-0.2, -0.15) is 0 Å². The Morgan fingerprint density at radius 1 is 1.35 bits per heavy atom. The molecule has 124 valence electrons. The van der Waals surface area contributed by atoms with Crippen molar-refractivity contribution in [1.82, 2.24) is 14.3 Å². The Bertz CT molecular complexity index is 693. The molecule has 0 aromatic carbocycles. The molecule has 0 aliphatic rings. The molecule has 0 fully saturated rings. The molecule has 0 saturated heterocycles. The highest BCUT2D eigenvalue weighted by molar-refractivity contribution is 5.79. The van der Waals surface area contributed by atoms with Crippen LogP contribution in [0.25, 0.3) is 5.65 Å². The average molecular weight is 317 g/mol. The zero-order chi connectivity index (χ0) is 16.8. The van der Waals surface area contributed by atoms with Gasteiger partial charge in [-0.15, -0.1) is 0 Å². The van der Waals surface area contributed by atoms with Gasteiger partial charge in [0.15, 0.2) is 0 Å². The predicted octanol–water partition coefficient (Wildman–Crippen LogP) is 1.99. The van der Waals surface area contributed by atoms with E-state index in [0.29, 0.717) is 19.7 Å². The van der Waals surface area contributed by atoms with Crippen LogP contribution in [0.2, 0.25) is 0 Å². The molecule has 0 aliphatic carbocycles. The molecule has 0 aliphatic heterocycles. The normalized spacial score (nSPS) is 10.7. The second kappa shape index (κ2) is 7.76. The number of pyridine rings is 1. The zero-order valence-electron chi connectivity index (χ0n) is 13.9. The minimum absolute atomic E-state index is 0.0306. The van der Waals surface area contributed by atoms with Gasteiger partial charge in [-0.1, -0.05) is 0 Å². The summed E-state index contributed by atoms with van der Waals surface area (Å²) in [6.07, 6.45) is 4.25. The zero-order valence-corrected chi connectivity index (χ0v) is 13.9. The third kappa shape index (κ3) is 4.55. The summed E-state index contributed by atoms with van der Waals surface area (Å²) < 4.78 is 6.80. The molecule has 0 radical (unpaired) electrons. The summed E-state index contributed by atoms with van der Waals surface area (Å²) in [6, 6.07) is 3.98. The standard InChI is InChI=1S/C17H23N3O3/c1-4-19(9-7-17(22)23-5-2)16(21)11-14-12-20-8-6-13(3)10-15(20)18-14/h6,8,10,12H,4-5,7,9,11H2,1-3H3. The van der Waals surface area contributed by atoms with Crippen molar-refractivity contribution in [3.63, 3.8) is 0 Å². The molecule has 0 spiro atoms. The average Bonchev–Trinajstić information content (AvgIpc) is 2.89. The number of ether oxygens (including phenoxy) is 1. The fraction of sp³-hybridized carbons (Fsp3) is 0.471. The molecule has 0 saturated carbocycles. The van der Waals surface area contributed by atoms with E-state index in [9.17, 15) is 9.59 Å². The number of likely N-dealkylation sites (N-methyl/N-ethyl adjacent to an activating group) is 1. The first-order chi connectivity index (χ1) is 11.0. The van der Waals surface area contributed by atoms with Gasteiger partial charge in [0.25, 0.3) is 0 Å². The lowest BCUT2D eigenvalue weighted by atomic mass is 10.2. The minimum Gasteiger partial charge on any atom is -0.466 e. The van der Waals surface area contributed by atoms with Gasteiger partial charge in [0.2, 0.25) is 5.91 Å². The van der Waals surface area contributed by atoms with Gasteiger partial charge >= 0.3 is 5.97 Å². The lowest BCUT2D eigenvalue weighted by Crippen LogP contribution is -2.34. The highest BCUT2D eigenvalue weighted by Gasteiger charge is 2.16. The Morgan fingerprint density at radius 3 is 2.83 bits per heavy atom. The minimum atomic E-state index is -0.276. The number of aryl methyl sites for hydroxylation is 1. The Morgan fingerprint density at radius 2 is 2.13 bits per heavy atom. The molecule has 0 bridgehead atoms. The number of amides is 1. The van der Waals surface area contributed by atoms with Gasteiger partial charge in [-0.3, -0.25) is 9.59 Å². The fourth-order valence-corrected chi connectivity index (χ4v) is 2.41. The Labute approximate surface area is 136 Å². The quantitative estimate of drug-likeness (QED) is 0.733. The topological polar surface area (TPSA) is 63.9 Å². The highest BCUT2D eigenvalue weighted by atomic mass is 16.5. The van der Waals surface area contributed by atoms with Crippen molar-refractivity contribution in [3.05, 3.63) is 35.8 Å². The first kappa shape index (κ1) is 17.0. The summed E-state index contributed by atoms with van der Waals surface area (Å²) in [7, 11) is 0. The Kier molecular flexibility index (Phi) is 5.73. The van der Waals surface area contributed by atoms with Crippen LogP contribution in [0.1, 0.15) is 31.5 Å². The Balaban J connectivity index is 1.98. The van der Waals surface area contributed by atoms with Crippen LogP contribution in [0.5, 0.6) is 0 Å². The van der Waals surface area contributed by atoms with Crippen molar-refractivity contribution >= 4 is 17.5 Å². The van der Waals surface area contributed by atoms with Crippen molar-refractivity contribution in [1.29, 1.82) is 0 Å². The smallest absolute Gasteiger partial charge is 0.307 e. The molecule has 23 heavy (non-hydrogen) atoms. The molecule has 2 aromatic heterocycles. The number of aromatic nitrogens is 2. The molecule has 6 nitrogen and oxygen atoms in total.